The van der Waals surface area contributed by atoms with E-state index in [2.05, 4.69) is 5.32 Å². The summed E-state index contributed by atoms with van der Waals surface area (Å²) in [6.07, 6.45) is 0.877. The molecule has 0 fully saturated rings. The molecule has 0 spiro atoms. The zero-order valence-electron chi connectivity index (χ0n) is 8.58. The van der Waals surface area contributed by atoms with Gasteiger partial charge in [-0.25, -0.2) is 0 Å². The van der Waals surface area contributed by atoms with Gasteiger partial charge in [-0.1, -0.05) is 20.3 Å². The van der Waals surface area contributed by atoms with E-state index in [0.717, 1.165) is 6.42 Å². The van der Waals surface area contributed by atoms with Crippen molar-refractivity contribution in [2.24, 2.45) is 11.7 Å². The Labute approximate surface area is 79.5 Å². The summed E-state index contributed by atoms with van der Waals surface area (Å²) < 4.78 is 0. The maximum absolute atomic E-state index is 11.4. The minimum absolute atomic E-state index is 0.0566. The normalized spacial score (nSPS) is 17.6. The Hall–Kier alpha value is -0.610. The van der Waals surface area contributed by atoms with Crippen LogP contribution in [0.2, 0.25) is 0 Å². The van der Waals surface area contributed by atoms with Crippen molar-refractivity contribution >= 4 is 5.91 Å². The number of hydrogen-bond donors (Lipinski definition) is 3. The van der Waals surface area contributed by atoms with Crippen molar-refractivity contribution < 1.29 is 9.90 Å². The molecule has 78 valence electrons. The summed E-state index contributed by atoms with van der Waals surface area (Å²) in [4.78, 5) is 11.4. The number of nitrogens with one attached hydrogen (secondary N) is 1. The molecule has 0 rings (SSSR count). The highest BCUT2D eigenvalue weighted by Gasteiger charge is 2.20. The number of aliphatic hydroxyl groups is 1. The van der Waals surface area contributed by atoms with Crippen molar-refractivity contribution in [2.75, 3.05) is 6.61 Å². The van der Waals surface area contributed by atoms with Gasteiger partial charge >= 0.3 is 0 Å². The molecule has 0 bridgehead atoms. The summed E-state index contributed by atoms with van der Waals surface area (Å²) >= 11 is 0. The highest BCUT2D eigenvalue weighted by Crippen LogP contribution is 2.05. The maximum atomic E-state index is 11.4. The van der Waals surface area contributed by atoms with Crippen LogP contribution >= 0.6 is 0 Å². The Morgan fingerprint density at radius 1 is 1.54 bits per heavy atom. The topological polar surface area (TPSA) is 75.4 Å². The molecule has 13 heavy (non-hydrogen) atoms. The fourth-order valence-corrected chi connectivity index (χ4v) is 0.897. The molecule has 0 unspecified atom stereocenters. The standard InChI is InChI=1S/C9H20N2O2/c1-4-6(2)8(10)9(13)11-7(3)5-12/h6-8,12H,4-5,10H2,1-3H3,(H,11,13)/t6-,7+,8-/m0/s1. The van der Waals surface area contributed by atoms with E-state index in [1.807, 2.05) is 13.8 Å². The van der Waals surface area contributed by atoms with Crippen molar-refractivity contribution in [1.29, 1.82) is 0 Å². The van der Waals surface area contributed by atoms with Gasteiger partial charge in [-0.3, -0.25) is 4.79 Å². The van der Waals surface area contributed by atoms with Gasteiger partial charge in [-0.2, -0.15) is 0 Å². The van der Waals surface area contributed by atoms with Gasteiger partial charge < -0.3 is 16.2 Å². The lowest BCUT2D eigenvalue weighted by atomic mass is 9.99. The maximum Gasteiger partial charge on any atom is 0.237 e. The zero-order valence-corrected chi connectivity index (χ0v) is 8.58. The molecule has 0 aliphatic carbocycles. The Morgan fingerprint density at radius 3 is 2.46 bits per heavy atom. The molecule has 0 radical (unpaired) electrons. The smallest absolute Gasteiger partial charge is 0.237 e. The predicted molar refractivity (Wildman–Crippen MR) is 52.1 cm³/mol. The highest BCUT2D eigenvalue weighted by atomic mass is 16.3. The number of aliphatic hydroxyl groups excluding tert-OH is 1. The molecule has 0 aromatic heterocycles. The van der Waals surface area contributed by atoms with Gasteiger partial charge in [-0.05, 0) is 12.8 Å². The van der Waals surface area contributed by atoms with Crippen LogP contribution in [0.4, 0.5) is 0 Å². The van der Waals surface area contributed by atoms with Gasteiger partial charge in [0.1, 0.15) is 0 Å². The van der Waals surface area contributed by atoms with Crippen LogP contribution in [0.3, 0.4) is 0 Å². The highest BCUT2D eigenvalue weighted by molar-refractivity contribution is 5.82. The minimum Gasteiger partial charge on any atom is -0.394 e. The summed E-state index contributed by atoms with van der Waals surface area (Å²) in [7, 11) is 0. The summed E-state index contributed by atoms with van der Waals surface area (Å²) in [6.45, 7) is 5.61. The van der Waals surface area contributed by atoms with Crippen molar-refractivity contribution in [3.8, 4) is 0 Å². The van der Waals surface area contributed by atoms with E-state index >= 15 is 0 Å². The molecule has 0 aliphatic rings. The van der Waals surface area contributed by atoms with Gasteiger partial charge in [0.2, 0.25) is 5.91 Å². The van der Waals surface area contributed by atoms with Crippen LogP contribution < -0.4 is 11.1 Å². The molecule has 4 heteroatoms. The molecule has 0 saturated carbocycles. The Kier molecular flexibility index (Phi) is 5.66. The quantitative estimate of drug-likeness (QED) is 0.562. The summed E-state index contributed by atoms with van der Waals surface area (Å²) in [5.41, 5.74) is 5.68. The molecule has 0 aliphatic heterocycles. The molecule has 0 saturated heterocycles. The molecule has 0 heterocycles. The van der Waals surface area contributed by atoms with Crippen molar-refractivity contribution in [1.82, 2.24) is 5.32 Å². The molecule has 0 aromatic carbocycles. The lowest BCUT2D eigenvalue weighted by Gasteiger charge is -2.19. The van der Waals surface area contributed by atoms with Crippen molar-refractivity contribution in [2.45, 2.75) is 39.3 Å². The first-order valence-electron chi connectivity index (χ1n) is 4.69. The number of amides is 1. The third-order valence-corrected chi connectivity index (χ3v) is 2.22. The third-order valence-electron chi connectivity index (χ3n) is 2.22. The first kappa shape index (κ1) is 12.4. The molecule has 3 atom stereocenters. The monoisotopic (exact) mass is 188 g/mol. The molecule has 4 nitrogen and oxygen atoms in total. The summed E-state index contributed by atoms with van der Waals surface area (Å²) in [6, 6.07) is -0.693. The van der Waals surface area contributed by atoms with Crippen molar-refractivity contribution in [3.63, 3.8) is 0 Å². The van der Waals surface area contributed by atoms with E-state index in [-0.39, 0.29) is 24.5 Å². The van der Waals surface area contributed by atoms with Crippen LogP contribution in [0.15, 0.2) is 0 Å². The third kappa shape index (κ3) is 4.24. The van der Waals surface area contributed by atoms with Crippen LogP contribution in [0.1, 0.15) is 27.2 Å². The molecule has 0 aromatic rings. The average molecular weight is 188 g/mol. The Balaban J connectivity index is 3.96. The van der Waals surface area contributed by atoms with Gasteiger partial charge in [0.05, 0.1) is 12.6 Å². The first-order valence-corrected chi connectivity index (χ1v) is 4.69. The molecule has 4 N–H and O–H groups in total. The number of carbonyl (C=O) groups excluding carboxylic acids is 1. The average Bonchev–Trinajstić information content (AvgIpc) is 2.14. The van der Waals surface area contributed by atoms with E-state index in [1.165, 1.54) is 0 Å². The summed E-state index contributed by atoms with van der Waals surface area (Å²) in [5.74, 6) is -0.0122. The fraction of sp³-hybridized carbons (Fsp3) is 0.889. The second kappa shape index (κ2) is 5.94. The van der Waals surface area contributed by atoms with E-state index in [1.54, 1.807) is 6.92 Å². The number of rotatable bonds is 5. The number of carbonyl (C=O) groups is 1. The van der Waals surface area contributed by atoms with Crippen LogP contribution in [-0.4, -0.2) is 29.7 Å². The predicted octanol–water partition coefficient (Wildman–Crippen LogP) is -0.143. The Bertz CT molecular complexity index is 162. The van der Waals surface area contributed by atoms with Gasteiger partial charge in [-0.15, -0.1) is 0 Å². The first-order chi connectivity index (χ1) is 6.02. The van der Waals surface area contributed by atoms with Crippen LogP contribution in [0.5, 0.6) is 0 Å². The SMILES string of the molecule is CC[C@H](C)[C@H](N)C(=O)N[C@H](C)CO. The van der Waals surface area contributed by atoms with E-state index in [9.17, 15) is 4.79 Å². The van der Waals surface area contributed by atoms with Gasteiger partial charge in [0.25, 0.3) is 0 Å². The van der Waals surface area contributed by atoms with Gasteiger partial charge in [0.15, 0.2) is 0 Å². The second-order valence-corrected chi connectivity index (χ2v) is 3.50. The van der Waals surface area contributed by atoms with Crippen LogP contribution in [0.25, 0.3) is 0 Å². The van der Waals surface area contributed by atoms with Crippen LogP contribution in [-0.2, 0) is 4.79 Å². The van der Waals surface area contributed by atoms with Crippen molar-refractivity contribution in [3.05, 3.63) is 0 Å². The van der Waals surface area contributed by atoms with Crippen LogP contribution in [0, 0.1) is 5.92 Å². The van der Waals surface area contributed by atoms with Gasteiger partial charge in [0, 0.05) is 6.04 Å². The number of nitrogens with two attached hydrogens (primary N) is 1. The molecular formula is C9H20N2O2. The minimum atomic E-state index is -0.473. The lowest BCUT2D eigenvalue weighted by molar-refractivity contribution is -0.124. The molecular weight excluding hydrogens is 168 g/mol. The number of hydrogen-bond acceptors (Lipinski definition) is 3. The fourth-order valence-electron chi connectivity index (χ4n) is 0.897. The summed E-state index contributed by atoms with van der Waals surface area (Å²) in [5, 5.41) is 11.3. The second-order valence-electron chi connectivity index (χ2n) is 3.50. The van der Waals surface area contributed by atoms with E-state index < -0.39 is 6.04 Å². The molecule has 1 amide bonds. The van der Waals surface area contributed by atoms with E-state index in [4.69, 9.17) is 10.8 Å². The largest absolute Gasteiger partial charge is 0.394 e. The zero-order chi connectivity index (χ0) is 10.4. The van der Waals surface area contributed by atoms with E-state index in [0.29, 0.717) is 0 Å². The lowest BCUT2D eigenvalue weighted by Crippen LogP contribution is -2.48. The Morgan fingerprint density at radius 2 is 2.08 bits per heavy atom.